The fourth-order valence-corrected chi connectivity index (χ4v) is 2.79. The van der Waals surface area contributed by atoms with Crippen LogP contribution in [0.1, 0.15) is 42.5 Å². The van der Waals surface area contributed by atoms with Crippen molar-refractivity contribution < 1.29 is 23.9 Å². The highest BCUT2D eigenvalue weighted by Gasteiger charge is 2.21. The van der Waals surface area contributed by atoms with Gasteiger partial charge in [0.2, 0.25) is 5.91 Å². The summed E-state index contributed by atoms with van der Waals surface area (Å²) in [4.78, 5) is 38.2. The minimum absolute atomic E-state index is 0.00193. The van der Waals surface area contributed by atoms with Crippen molar-refractivity contribution in [1.82, 2.24) is 4.90 Å². The van der Waals surface area contributed by atoms with Crippen molar-refractivity contribution in [3.8, 4) is 0 Å². The van der Waals surface area contributed by atoms with Gasteiger partial charge in [0.25, 0.3) is 5.91 Å². The molecule has 0 saturated carbocycles. The Balaban J connectivity index is 1.89. The van der Waals surface area contributed by atoms with Gasteiger partial charge in [-0.2, -0.15) is 0 Å². The van der Waals surface area contributed by atoms with Crippen molar-refractivity contribution in [2.24, 2.45) is 0 Å². The van der Waals surface area contributed by atoms with Crippen molar-refractivity contribution in [3.05, 3.63) is 29.8 Å². The third-order valence-electron chi connectivity index (χ3n) is 4.18. The standard InChI is InChI=1S/C19H26N2O5/c1-25-13-14-26-18(23)10-9-17(22)20-16-8-4-3-7-15(16)19(24)21-11-5-2-6-12-21/h3-4,7-8H,2,5-6,9-14H2,1H3,(H,20,22). The normalized spacial score (nSPS) is 14.0. The summed E-state index contributed by atoms with van der Waals surface area (Å²) in [6, 6.07) is 6.96. The highest BCUT2D eigenvalue weighted by Crippen LogP contribution is 2.20. The lowest BCUT2D eigenvalue weighted by Gasteiger charge is -2.27. The number of nitrogens with zero attached hydrogens (tertiary/aromatic N) is 1. The summed E-state index contributed by atoms with van der Waals surface area (Å²) < 4.78 is 9.71. The van der Waals surface area contributed by atoms with Crippen molar-refractivity contribution in [2.75, 3.05) is 38.7 Å². The number of amides is 2. The van der Waals surface area contributed by atoms with Crippen LogP contribution in [0.3, 0.4) is 0 Å². The summed E-state index contributed by atoms with van der Waals surface area (Å²) in [5, 5.41) is 2.73. The first-order chi connectivity index (χ1) is 12.6. The topological polar surface area (TPSA) is 84.9 Å². The van der Waals surface area contributed by atoms with Gasteiger partial charge < -0.3 is 19.7 Å². The number of nitrogens with one attached hydrogen (secondary N) is 1. The highest BCUT2D eigenvalue weighted by molar-refractivity contribution is 6.04. The van der Waals surface area contributed by atoms with Crippen molar-refractivity contribution in [1.29, 1.82) is 0 Å². The molecule has 1 aliphatic rings. The lowest BCUT2D eigenvalue weighted by Crippen LogP contribution is -2.36. The minimum atomic E-state index is -0.449. The number of piperidine rings is 1. The molecule has 1 aliphatic heterocycles. The van der Waals surface area contributed by atoms with E-state index < -0.39 is 5.97 Å². The molecule has 7 nitrogen and oxygen atoms in total. The lowest BCUT2D eigenvalue weighted by molar-refractivity contribution is -0.145. The zero-order chi connectivity index (χ0) is 18.8. The third-order valence-corrected chi connectivity index (χ3v) is 4.18. The Morgan fingerprint density at radius 3 is 2.50 bits per heavy atom. The largest absolute Gasteiger partial charge is 0.463 e. The second-order valence-corrected chi connectivity index (χ2v) is 6.16. The average Bonchev–Trinajstić information content (AvgIpc) is 2.67. The quantitative estimate of drug-likeness (QED) is 0.566. The van der Waals surface area contributed by atoms with Crippen LogP contribution in [0.15, 0.2) is 24.3 Å². The van der Waals surface area contributed by atoms with Crippen LogP contribution < -0.4 is 5.32 Å². The number of hydrogen-bond acceptors (Lipinski definition) is 5. The molecule has 7 heteroatoms. The van der Waals surface area contributed by atoms with Gasteiger partial charge in [0.15, 0.2) is 0 Å². The van der Waals surface area contributed by atoms with E-state index in [2.05, 4.69) is 5.32 Å². The monoisotopic (exact) mass is 362 g/mol. The Kier molecular flexibility index (Phi) is 8.08. The van der Waals surface area contributed by atoms with E-state index in [1.54, 1.807) is 24.3 Å². The van der Waals surface area contributed by atoms with Gasteiger partial charge in [-0.25, -0.2) is 0 Å². The Bertz CT molecular complexity index is 626. The Morgan fingerprint density at radius 1 is 1.04 bits per heavy atom. The summed E-state index contributed by atoms with van der Waals surface area (Å²) in [5.41, 5.74) is 0.950. The first-order valence-electron chi connectivity index (χ1n) is 8.94. The maximum Gasteiger partial charge on any atom is 0.306 e. The van der Waals surface area contributed by atoms with E-state index in [0.29, 0.717) is 17.9 Å². The van der Waals surface area contributed by atoms with E-state index in [0.717, 1.165) is 32.4 Å². The molecule has 1 aromatic rings. The summed E-state index contributed by atoms with van der Waals surface area (Å²) in [7, 11) is 1.52. The van der Waals surface area contributed by atoms with Crippen molar-refractivity contribution >= 4 is 23.5 Å². The first kappa shape index (κ1) is 19.9. The molecule has 1 fully saturated rings. The number of ether oxygens (including phenoxy) is 2. The maximum absolute atomic E-state index is 12.7. The van der Waals surface area contributed by atoms with E-state index in [1.165, 1.54) is 7.11 Å². The smallest absolute Gasteiger partial charge is 0.306 e. The third kappa shape index (κ3) is 6.15. The molecule has 0 radical (unpaired) electrons. The number of esters is 1. The molecule has 0 unspecified atom stereocenters. The first-order valence-corrected chi connectivity index (χ1v) is 8.94. The number of carbonyl (C=O) groups excluding carboxylic acids is 3. The molecule has 0 bridgehead atoms. The molecule has 0 spiro atoms. The van der Waals surface area contributed by atoms with Crippen molar-refractivity contribution in [2.45, 2.75) is 32.1 Å². The highest BCUT2D eigenvalue weighted by atomic mass is 16.6. The number of benzene rings is 1. The molecule has 1 heterocycles. The summed E-state index contributed by atoms with van der Waals surface area (Å²) in [5.74, 6) is -0.845. The fraction of sp³-hybridized carbons (Fsp3) is 0.526. The fourth-order valence-electron chi connectivity index (χ4n) is 2.79. The van der Waals surface area contributed by atoms with E-state index in [9.17, 15) is 14.4 Å². The van der Waals surface area contributed by atoms with E-state index in [1.807, 2.05) is 4.90 Å². The van der Waals surface area contributed by atoms with Gasteiger partial charge in [-0.1, -0.05) is 12.1 Å². The van der Waals surface area contributed by atoms with Crippen LogP contribution in [-0.4, -0.2) is 56.1 Å². The number of carbonyl (C=O) groups is 3. The van der Waals surface area contributed by atoms with E-state index in [4.69, 9.17) is 9.47 Å². The summed E-state index contributed by atoms with van der Waals surface area (Å²) in [6.45, 7) is 1.98. The van der Waals surface area contributed by atoms with Crippen LogP contribution in [-0.2, 0) is 19.1 Å². The van der Waals surface area contributed by atoms with E-state index in [-0.39, 0.29) is 31.3 Å². The van der Waals surface area contributed by atoms with Gasteiger partial charge in [-0.05, 0) is 31.4 Å². The average molecular weight is 362 g/mol. The Hall–Kier alpha value is -2.41. The van der Waals surface area contributed by atoms with Gasteiger partial charge in [-0.3, -0.25) is 14.4 Å². The molecule has 0 atom stereocenters. The molecule has 26 heavy (non-hydrogen) atoms. The number of para-hydroxylation sites is 1. The van der Waals surface area contributed by atoms with Crippen LogP contribution in [0.2, 0.25) is 0 Å². The maximum atomic E-state index is 12.7. The predicted octanol–water partition coefficient (Wildman–Crippen LogP) is 2.22. The van der Waals surface area contributed by atoms with Gasteiger partial charge in [0.1, 0.15) is 6.61 Å². The number of methoxy groups -OCH3 is 1. The minimum Gasteiger partial charge on any atom is -0.463 e. The molecule has 2 amide bonds. The number of likely N-dealkylation sites (tertiary alicyclic amines) is 1. The molecular formula is C19H26N2O5. The SMILES string of the molecule is COCCOC(=O)CCC(=O)Nc1ccccc1C(=O)N1CCCCC1. The molecular weight excluding hydrogens is 336 g/mol. The van der Waals surface area contributed by atoms with Crippen LogP contribution in [0.4, 0.5) is 5.69 Å². The zero-order valence-electron chi connectivity index (χ0n) is 15.2. The molecule has 0 aliphatic carbocycles. The van der Waals surface area contributed by atoms with E-state index >= 15 is 0 Å². The van der Waals surface area contributed by atoms with Gasteiger partial charge in [-0.15, -0.1) is 0 Å². The van der Waals surface area contributed by atoms with Gasteiger partial charge in [0, 0.05) is 26.6 Å². The van der Waals surface area contributed by atoms with Crippen LogP contribution >= 0.6 is 0 Å². The summed E-state index contributed by atoms with van der Waals surface area (Å²) >= 11 is 0. The number of hydrogen-bond donors (Lipinski definition) is 1. The molecule has 1 saturated heterocycles. The zero-order valence-corrected chi connectivity index (χ0v) is 15.2. The van der Waals surface area contributed by atoms with Crippen LogP contribution in [0, 0.1) is 0 Å². The van der Waals surface area contributed by atoms with Gasteiger partial charge >= 0.3 is 5.97 Å². The molecule has 1 aromatic carbocycles. The van der Waals surface area contributed by atoms with Crippen molar-refractivity contribution in [3.63, 3.8) is 0 Å². The molecule has 1 N–H and O–H groups in total. The van der Waals surface area contributed by atoms with Crippen LogP contribution in [0.5, 0.6) is 0 Å². The second kappa shape index (κ2) is 10.6. The number of anilines is 1. The summed E-state index contributed by atoms with van der Waals surface area (Å²) in [6.07, 6.45) is 3.13. The lowest BCUT2D eigenvalue weighted by atomic mass is 10.1. The molecule has 0 aromatic heterocycles. The molecule has 2 rings (SSSR count). The Morgan fingerprint density at radius 2 is 1.77 bits per heavy atom. The molecule has 142 valence electrons. The predicted molar refractivity (Wildman–Crippen MR) is 96.9 cm³/mol. The Labute approximate surface area is 153 Å². The number of rotatable bonds is 8. The van der Waals surface area contributed by atoms with Gasteiger partial charge in [0.05, 0.1) is 24.3 Å². The second-order valence-electron chi connectivity index (χ2n) is 6.16. The van der Waals surface area contributed by atoms with Crippen LogP contribution in [0.25, 0.3) is 0 Å².